The molecule has 0 saturated carbocycles. The molecule has 2 aliphatic heterocycles. The summed E-state index contributed by atoms with van der Waals surface area (Å²) in [6.45, 7) is 5.63. The van der Waals surface area contributed by atoms with Crippen molar-refractivity contribution in [1.82, 2.24) is 4.90 Å². The minimum absolute atomic E-state index is 0.00376. The molecule has 1 aromatic carbocycles. The highest BCUT2D eigenvalue weighted by Crippen LogP contribution is 2.29. The van der Waals surface area contributed by atoms with Crippen molar-refractivity contribution in [2.24, 2.45) is 0 Å². The van der Waals surface area contributed by atoms with Gasteiger partial charge in [0.2, 0.25) is 5.91 Å². The van der Waals surface area contributed by atoms with Crippen LogP contribution in [0.15, 0.2) is 23.9 Å². The van der Waals surface area contributed by atoms with Gasteiger partial charge in [0.25, 0.3) is 5.79 Å². The Morgan fingerprint density at radius 1 is 1.07 bits per heavy atom. The predicted molar refractivity (Wildman–Crippen MR) is 98.8 cm³/mol. The standard InChI is InChI=1S/C19H21F2N3O5/c1-11(25)23-4-6-24(7-5-23)16-14(20)8-12(9-15(16)21)22-10-13-17(26)28-19(2,3)29-18(13)27/h8-10,22H,4-7H2,1-3H3. The molecule has 29 heavy (non-hydrogen) atoms. The molecule has 0 aromatic heterocycles. The van der Waals surface area contributed by atoms with Gasteiger partial charge in [-0.1, -0.05) is 0 Å². The molecule has 2 heterocycles. The molecular weight excluding hydrogens is 388 g/mol. The average molecular weight is 409 g/mol. The first-order valence-corrected chi connectivity index (χ1v) is 9.00. The lowest BCUT2D eigenvalue weighted by Crippen LogP contribution is -2.48. The van der Waals surface area contributed by atoms with E-state index in [9.17, 15) is 23.2 Å². The summed E-state index contributed by atoms with van der Waals surface area (Å²) in [5.41, 5.74) is -0.608. The Morgan fingerprint density at radius 3 is 2.07 bits per heavy atom. The van der Waals surface area contributed by atoms with Gasteiger partial charge < -0.3 is 24.6 Å². The van der Waals surface area contributed by atoms with E-state index in [0.717, 1.165) is 18.3 Å². The number of carbonyl (C=O) groups excluding carboxylic acids is 3. The molecule has 0 radical (unpaired) electrons. The molecule has 2 aliphatic rings. The molecule has 3 rings (SSSR count). The third kappa shape index (κ3) is 4.47. The summed E-state index contributed by atoms with van der Waals surface area (Å²) in [6.07, 6.45) is 0.986. The van der Waals surface area contributed by atoms with Crippen LogP contribution in [0.1, 0.15) is 20.8 Å². The number of hydrogen-bond acceptors (Lipinski definition) is 7. The van der Waals surface area contributed by atoms with Gasteiger partial charge in [-0.2, -0.15) is 0 Å². The Morgan fingerprint density at radius 2 is 1.59 bits per heavy atom. The number of halogens is 2. The zero-order valence-corrected chi connectivity index (χ0v) is 16.3. The summed E-state index contributed by atoms with van der Waals surface area (Å²) in [4.78, 5) is 38.3. The van der Waals surface area contributed by atoms with E-state index < -0.39 is 34.9 Å². The second-order valence-corrected chi connectivity index (χ2v) is 7.16. The van der Waals surface area contributed by atoms with Crippen molar-refractivity contribution in [3.63, 3.8) is 0 Å². The Hall–Kier alpha value is -3.17. The van der Waals surface area contributed by atoms with Gasteiger partial charge >= 0.3 is 11.9 Å². The monoisotopic (exact) mass is 409 g/mol. The van der Waals surface area contributed by atoms with E-state index in [1.165, 1.54) is 25.7 Å². The molecule has 0 bridgehead atoms. The molecule has 0 aliphatic carbocycles. The van der Waals surface area contributed by atoms with Gasteiger partial charge in [0.1, 0.15) is 5.69 Å². The van der Waals surface area contributed by atoms with Crippen LogP contribution in [0.2, 0.25) is 0 Å². The molecule has 10 heteroatoms. The first-order chi connectivity index (χ1) is 13.6. The van der Waals surface area contributed by atoms with Crippen LogP contribution in [-0.2, 0) is 23.9 Å². The molecule has 1 N–H and O–H groups in total. The normalized spacial score (nSPS) is 18.9. The summed E-state index contributed by atoms with van der Waals surface area (Å²) in [6, 6.07) is 2.10. The number of amides is 1. The molecule has 0 unspecified atom stereocenters. The van der Waals surface area contributed by atoms with E-state index in [1.54, 1.807) is 4.90 Å². The molecule has 0 atom stereocenters. The molecule has 1 amide bonds. The van der Waals surface area contributed by atoms with Crippen molar-refractivity contribution >= 4 is 29.2 Å². The van der Waals surface area contributed by atoms with Crippen LogP contribution in [-0.4, -0.2) is 54.7 Å². The molecule has 1 aromatic rings. The summed E-state index contributed by atoms with van der Waals surface area (Å²) in [5, 5.41) is 2.52. The highest BCUT2D eigenvalue weighted by Gasteiger charge is 2.39. The minimum Gasteiger partial charge on any atom is -0.419 e. The summed E-state index contributed by atoms with van der Waals surface area (Å²) in [5.74, 6) is -4.88. The topological polar surface area (TPSA) is 88.2 Å². The molecule has 2 saturated heterocycles. The second-order valence-electron chi connectivity index (χ2n) is 7.16. The molecule has 8 nitrogen and oxygen atoms in total. The fourth-order valence-electron chi connectivity index (χ4n) is 3.13. The number of cyclic esters (lactones) is 2. The average Bonchev–Trinajstić information content (AvgIpc) is 2.60. The van der Waals surface area contributed by atoms with Crippen LogP contribution < -0.4 is 10.2 Å². The molecule has 0 spiro atoms. The van der Waals surface area contributed by atoms with Gasteiger partial charge in [0.05, 0.1) is 0 Å². The number of carbonyl (C=O) groups is 3. The molecule has 2 fully saturated rings. The predicted octanol–water partition coefficient (Wildman–Crippen LogP) is 1.77. The number of benzene rings is 1. The van der Waals surface area contributed by atoms with Gasteiger partial charge in [0.15, 0.2) is 17.2 Å². The lowest BCUT2D eigenvalue weighted by molar-refractivity contribution is -0.222. The summed E-state index contributed by atoms with van der Waals surface area (Å²) in [7, 11) is 0. The summed E-state index contributed by atoms with van der Waals surface area (Å²) >= 11 is 0. The van der Waals surface area contributed by atoms with Gasteiger partial charge in [-0.3, -0.25) is 4.79 Å². The van der Waals surface area contributed by atoms with Gasteiger partial charge in [-0.15, -0.1) is 0 Å². The minimum atomic E-state index is -1.38. The van der Waals surface area contributed by atoms with E-state index in [0.29, 0.717) is 26.2 Å². The zero-order valence-electron chi connectivity index (χ0n) is 16.3. The van der Waals surface area contributed by atoms with Crippen LogP contribution in [0, 0.1) is 11.6 Å². The number of nitrogens with one attached hydrogen (secondary N) is 1. The van der Waals surface area contributed by atoms with Gasteiger partial charge in [-0.05, 0) is 12.1 Å². The Kier molecular flexibility index (Phi) is 5.45. The number of ether oxygens (including phenoxy) is 2. The fourth-order valence-corrected chi connectivity index (χ4v) is 3.13. The molecule has 156 valence electrons. The first kappa shape index (κ1) is 20.6. The van der Waals surface area contributed by atoms with Gasteiger partial charge in [-0.25, -0.2) is 18.4 Å². The number of rotatable bonds is 3. The maximum absolute atomic E-state index is 14.6. The number of nitrogens with zero attached hydrogens (tertiary/aromatic N) is 2. The van der Waals surface area contributed by atoms with Crippen molar-refractivity contribution in [3.05, 3.63) is 35.5 Å². The van der Waals surface area contributed by atoms with E-state index in [4.69, 9.17) is 9.47 Å². The number of hydrogen-bond donors (Lipinski definition) is 1. The van der Waals surface area contributed by atoms with Crippen LogP contribution in [0.3, 0.4) is 0 Å². The smallest absolute Gasteiger partial charge is 0.350 e. The van der Waals surface area contributed by atoms with E-state index in [-0.39, 0.29) is 17.3 Å². The quantitative estimate of drug-likeness (QED) is 0.462. The van der Waals surface area contributed by atoms with Crippen molar-refractivity contribution in [2.75, 3.05) is 36.4 Å². The van der Waals surface area contributed by atoms with E-state index in [1.807, 2.05) is 0 Å². The number of piperazine rings is 1. The van der Waals surface area contributed by atoms with Crippen molar-refractivity contribution in [3.8, 4) is 0 Å². The Balaban J connectivity index is 1.74. The second kappa shape index (κ2) is 7.69. The van der Waals surface area contributed by atoms with Crippen LogP contribution >= 0.6 is 0 Å². The highest BCUT2D eigenvalue weighted by atomic mass is 19.1. The van der Waals surface area contributed by atoms with E-state index >= 15 is 0 Å². The summed E-state index contributed by atoms with van der Waals surface area (Å²) < 4.78 is 39.0. The number of anilines is 2. The van der Waals surface area contributed by atoms with Gasteiger partial charge in [0, 0.05) is 58.8 Å². The third-order valence-electron chi connectivity index (χ3n) is 4.56. The fraction of sp³-hybridized carbons (Fsp3) is 0.421. The SMILES string of the molecule is CC(=O)N1CCN(c2c(F)cc(NC=C3C(=O)OC(C)(C)OC3=O)cc2F)CC1. The van der Waals surface area contributed by atoms with Crippen LogP contribution in [0.25, 0.3) is 0 Å². The molecular formula is C19H21F2N3O5. The third-order valence-corrected chi connectivity index (χ3v) is 4.56. The van der Waals surface area contributed by atoms with Crippen LogP contribution in [0.5, 0.6) is 0 Å². The van der Waals surface area contributed by atoms with Crippen molar-refractivity contribution < 1.29 is 32.6 Å². The van der Waals surface area contributed by atoms with Crippen molar-refractivity contribution in [2.45, 2.75) is 26.6 Å². The lowest BCUT2D eigenvalue weighted by Gasteiger charge is -2.35. The zero-order chi connectivity index (χ0) is 21.3. The number of esters is 2. The maximum Gasteiger partial charge on any atom is 0.350 e. The largest absolute Gasteiger partial charge is 0.419 e. The lowest BCUT2D eigenvalue weighted by atomic mass is 10.2. The van der Waals surface area contributed by atoms with Crippen LogP contribution in [0.4, 0.5) is 20.2 Å². The maximum atomic E-state index is 14.6. The first-order valence-electron chi connectivity index (χ1n) is 9.00. The Bertz CT molecular complexity index is 847. The highest BCUT2D eigenvalue weighted by molar-refractivity contribution is 6.15. The van der Waals surface area contributed by atoms with Crippen molar-refractivity contribution in [1.29, 1.82) is 0 Å². The van der Waals surface area contributed by atoms with E-state index in [2.05, 4.69) is 5.32 Å². The Labute approximate surface area is 166 Å².